The Morgan fingerprint density at radius 1 is 0.966 bits per heavy atom. The van der Waals surface area contributed by atoms with Crippen molar-refractivity contribution in [1.29, 1.82) is 0 Å². The summed E-state index contributed by atoms with van der Waals surface area (Å²) in [6.07, 6.45) is 4.95. The van der Waals surface area contributed by atoms with Gasteiger partial charge in [0.25, 0.3) is 0 Å². The van der Waals surface area contributed by atoms with Crippen molar-refractivity contribution in [2.75, 3.05) is 36.5 Å². The third-order valence-corrected chi connectivity index (χ3v) is 6.19. The fourth-order valence-electron chi connectivity index (χ4n) is 4.49. The predicted octanol–water partition coefficient (Wildman–Crippen LogP) is 4.96. The average molecular weight is 397 g/mol. The van der Waals surface area contributed by atoms with E-state index in [1.807, 2.05) is 0 Å². The fourth-order valence-corrected chi connectivity index (χ4v) is 4.49. The lowest BCUT2D eigenvalue weighted by atomic mass is 9.77. The largest absolute Gasteiger partial charge is 0.378 e. The van der Waals surface area contributed by atoms with E-state index in [0.717, 1.165) is 52.0 Å². The second-order valence-corrected chi connectivity index (χ2v) is 8.17. The summed E-state index contributed by atoms with van der Waals surface area (Å²) in [6, 6.07) is 15.0. The van der Waals surface area contributed by atoms with Gasteiger partial charge >= 0.3 is 0 Å². The van der Waals surface area contributed by atoms with Crippen LogP contribution in [0.2, 0.25) is 0 Å². The first kappa shape index (κ1) is 19.9. The summed E-state index contributed by atoms with van der Waals surface area (Å²) in [5.41, 5.74) is 3.35. The smallest absolute Gasteiger partial charge is 0.224 e. The Morgan fingerprint density at radius 2 is 1.62 bits per heavy atom. The van der Waals surface area contributed by atoms with Crippen LogP contribution in [0.4, 0.5) is 15.8 Å². The number of carbonyl (C=O) groups excluding carboxylic acids is 1. The Labute approximate surface area is 172 Å². The van der Waals surface area contributed by atoms with Crippen molar-refractivity contribution in [3.8, 4) is 0 Å². The van der Waals surface area contributed by atoms with Crippen LogP contribution in [0.15, 0.2) is 48.5 Å². The zero-order chi connectivity index (χ0) is 20.1. The van der Waals surface area contributed by atoms with Gasteiger partial charge in [-0.3, -0.25) is 4.79 Å². The van der Waals surface area contributed by atoms with Gasteiger partial charge in [0.2, 0.25) is 5.91 Å². The van der Waals surface area contributed by atoms with E-state index in [1.54, 1.807) is 12.1 Å². The first-order valence-corrected chi connectivity index (χ1v) is 10.7. The van der Waals surface area contributed by atoms with Crippen LogP contribution in [-0.2, 0) is 9.53 Å². The molecule has 2 aromatic carbocycles. The van der Waals surface area contributed by atoms with E-state index in [-0.39, 0.29) is 11.7 Å². The van der Waals surface area contributed by atoms with Crippen LogP contribution >= 0.6 is 0 Å². The summed E-state index contributed by atoms with van der Waals surface area (Å²) >= 11 is 0. The third kappa shape index (κ3) is 5.36. The molecule has 4 rings (SSSR count). The van der Waals surface area contributed by atoms with E-state index in [2.05, 4.69) is 34.5 Å². The molecule has 1 aliphatic carbocycles. The van der Waals surface area contributed by atoms with Crippen molar-refractivity contribution >= 4 is 17.3 Å². The highest BCUT2D eigenvalue weighted by Gasteiger charge is 2.24. The van der Waals surface area contributed by atoms with Crippen molar-refractivity contribution in [2.45, 2.75) is 38.0 Å². The molecule has 1 amide bonds. The molecular weight excluding hydrogens is 367 g/mol. The number of hydrogen-bond acceptors (Lipinski definition) is 3. The number of nitrogens with one attached hydrogen (secondary N) is 1. The minimum Gasteiger partial charge on any atom is -0.378 e. The maximum atomic E-state index is 13.0. The molecule has 0 bridgehead atoms. The highest BCUT2D eigenvalue weighted by molar-refractivity contribution is 5.90. The van der Waals surface area contributed by atoms with Gasteiger partial charge in [0.15, 0.2) is 0 Å². The van der Waals surface area contributed by atoms with Gasteiger partial charge in [-0.25, -0.2) is 4.39 Å². The van der Waals surface area contributed by atoms with Crippen LogP contribution in [0.1, 0.15) is 43.6 Å². The molecule has 1 heterocycles. The van der Waals surface area contributed by atoms with Crippen LogP contribution in [0.5, 0.6) is 0 Å². The van der Waals surface area contributed by atoms with Crippen molar-refractivity contribution in [3.63, 3.8) is 0 Å². The number of carbonyl (C=O) groups is 1. The fraction of sp³-hybridized carbons (Fsp3) is 0.458. The molecule has 2 fully saturated rings. The normalized spacial score (nSPS) is 22.3. The monoisotopic (exact) mass is 396 g/mol. The Balaban J connectivity index is 1.24. The maximum Gasteiger partial charge on any atom is 0.224 e. The molecule has 4 nitrogen and oxygen atoms in total. The van der Waals surface area contributed by atoms with E-state index < -0.39 is 0 Å². The molecule has 2 aromatic rings. The molecule has 0 atom stereocenters. The highest BCUT2D eigenvalue weighted by Crippen LogP contribution is 2.37. The number of morpholine rings is 1. The van der Waals surface area contributed by atoms with E-state index in [4.69, 9.17) is 4.74 Å². The number of ether oxygens (including phenoxy) is 1. The molecule has 1 N–H and O–H groups in total. The van der Waals surface area contributed by atoms with E-state index in [1.165, 1.54) is 23.4 Å². The second-order valence-electron chi connectivity index (χ2n) is 8.17. The molecule has 0 unspecified atom stereocenters. The Hall–Kier alpha value is -2.40. The van der Waals surface area contributed by atoms with Gasteiger partial charge < -0.3 is 15.0 Å². The lowest BCUT2D eigenvalue weighted by molar-refractivity contribution is -0.117. The zero-order valence-electron chi connectivity index (χ0n) is 16.8. The Kier molecular flexibility index (Phi) is 6.45. The van der Waals surface area contributed by atoms with E-state index >= 15 is 0 Å². The molecule has 1 saturated carbocycles. The molecule has 1 saturated heterocycles. The highest BCUT2D eigenvalue weighted by atomic mass is 19.1. The molecule has 0 spiro atoms. The topological polar surface area (TPSA) is 41.6 Å². The van der Waals surface area contributed by atoms with Gasteiger partial charge in [-0.1, -0.05) is 12.1 Å². The second kappa shape index (κ2) is 9.40. The first-order chi connectivity index (χ1) is 14.2. The summed E-state index contributed by atoms with van der Waals surface area (Å²) in [5, 5.41) is 2.88. The summed E-state index contributed by atoms with van der Waals surface area (Å²) in [4.78, 5) is 14.7. The summed E-state index contributed by atoms with van der Waals surface area (Å²) in [7, 11) is 0. The van der Waals surface area contributed by atoms with Crippen LogP contribution in [-0.4, -0.2) is 32.2 Å². The molecule has 1 aliphatic heterocycles. The number of hydrogen-bond donors (Lipinski definition) is 1. The van der Waals surface area contributed by atoms with Gasteiger partial charge in [-0.2, -0.15) is 0 Å². The van der Waals surface area contributed by atoms with E-state index in [9.17, 15) is 9.18 Å². The Morgan fingerprint density at radius 3 is 2.28 bits per heavy atom. The molecule has 154 valence electrons. The minimum absolute atomic E-state index is 0.0231. The van der Waals surface area contributed by atoms with Crippen molar-refractivity contribution in [1.82, 2.24) is 0 Å². The van der Waals surface area contributed by atoms with Gasteiger partial charge in [-0.05, 0) is 79.5 Å². The molecule has 29 heavy (non-hydrogen) atoms. The molecule has 0 radical (unpaired) electrons. The molecule has 0 aromatic heterocycles. The van der Waals surface area contributed by atoms with Gasteiger partial charge in [-0.15, -0.1) is 0 Å². The minimum atomic E-state index is -0.292. The SMILES string of the molecule is O=C(CC1CCC(c2ccc(N3CCOCC3)cc2)CC1)Nc1ccc(F)cc1. The van der Waals surface area contributed by atoms with Crippen molar-refractivity contribution in [2.24, 2.45) is 5.92 Å². The number of benzene rings is 2. The van der Waals surface area contributed by atoms with Crippen LogP contribution in [0, 0.1) is 11.7 Å². The number of rotatable bonds is 5. The van der Waals surface area contributed by atoms with Crippen LogP contribution in [0.25, 0.3) is 0 Å². The molecular formula is C24H29FN2O2. The van der Waals surface area contributed by atoms with Gasteiger partial charge in [0.05, 0.1) is 13.2 Å². The van der Waals surface area contributed by atoms with Crippen molar-refractivity contribution < 1.29 is 13.9 Å². The lowest BCUT2D eigenvalue weighted by Crippen LogP contribution is -2.36. The Bertz CT molecular complexity index is 793. The molecule has 5 heteroatoms. The average Bonchev–Trinajstić information content (AvgIpc) is 2.77. The lowest BCUT2D eigenvalue weighted by Gasteiger charge is -2.30. The summed E-state index contributed by atoms with van der Waals surface area (Å²) in [6.45, 7) is 3.54. The van der Waals surface area contributed by atoms with Crippen molar-refractivity contribution in [3.05, 3.63) is 59.9 Å². The zero-order valence-corrected chi connectivity index (χ0v) is 16.8. The quantitative estimate of drug-likeness (QED) is 0.776. The number of nitrogens with zero attached hydrogens (tertiary/aromatic N) is 1. The first-order valence-electron chi connectivity index (χ1n) is 10.7. The van der Waals surface area contributed by atoms with E-state index in [0.29, 0.717) is 23.9 Å². The maximum absolute atomic E-state index is 13.0. The van der Waals surface area contributed by atoms with Crippen LogP contribution in [0.3, 0.4) is 0 Å². The van der Waals surface area contributed by atoms with Gasteiger partial charge in [0.1, 0.15) is 5.82 Å². The third-order valence-electron chi connectivity index (χ3n) is 6.19. The van der Waals surface area contributed by atoms with Crippen LogP contribution < -0.4 is 10.2 Å². The number of amides is 1. The molecule has 2 aliphatic rings. The number of halogens is 1. The number of anilines is 2. The summed E-state index contributed by atoms with van der Waals surface area (Å²) < 4.78 is 18.4. The van der Waals surface area contributed by atoms with Gasteiger partial charge in [0, 0.05) is 30.9 Å². The predicted molar refractivity (Wildman–Crippen MR) is 114 cm³/mol. The summed E-state index contributed by atoms with van der Waals surface area (Å²) in [5.74, 6) is 0.749. The standard InChI is InChI=1S/C24H29FN2O2/c25-21-7-9-22(10-8-21)26-24(28)17-18-1-3-19(4-2-18)20-5-11-23(12-6-20)27-13-15-29-16-14-27/h5-12,18-19H,1-4,13-17H2,(H,26,28).